The summed E-state index contributed by atoms with van der Waals surface area (Å²) >= 11 is 0. The topological polar surface area (TPSA) is 62.6 Å². The molecule has 1 aromatic heterocycles. The van der Waals surface area contributed by atoms with E-state index in [1.807, 2.05) is 19.1 Å². The van der Waals surface area contributed by atoms with Gasteiger partial charge < -0.3 is 9.73 Å². The summed E-state index contributed by atoms with van der Waals surface area (Å²) in [5, 5.41) is 3.53. The molecule has 33 heavy (non-hydrogen) atoms. The van der Waals surface area contributed by atoms with Crippen LogP contribution < -0.4 is 10.7 Å². The predicted molar refractivity (Wildman–Crippen MR) is 133 cm³/mol. The van der Waals surface area contributed by atoms with Crippen LogP contribution in [-0.4, -0.2) is 30.4 Å². The Balaban J connectivity index is 1.54. The first kappa shape index (κ1) is 23.2. The fraction of sp³-hybridized carbons (Fsp3) is 0.429. The summed E-state index contributed by atoms with van der Waals surface area (Å²) in [6.07, 6.45) is 3.18. The van der Waals surface area contributed by atoms with E-state index < -0.39 is 0 Å². The van der Waals surface area contributed by atoms with Gasteiger partial charge in [-0.2, -0.15) is 0 Å². The molecule has 0 radical (unpaired) electrons. The van der Waals surface area contributed by atoms with Crippen LogP contribution in [0.15, 0.2) is 57.7 Å². The number of nitrogens with one attached hydrogen (secondary N) is 1. The summed E-state index contributed by atoms with van der Waals surface area (Å²) in [7, 11) is 0. The van der Waals surface area contributed by atoms with Crippen molar-refractivity contribution >= 4 is 16.9 Å². The zero-order chi connectivity index (χ0) is 23.6. The number of hydrogen-bond acceptors (Lipinski definition) is 4. The molecule has 5 heteroatoms. The SMILES string of the molecule is CCc1ccc2oc(C(=O)NCC(c3ccc(C(C)(C)C)cc3)N3CCCC3)cc(=O)c2c1. The van der Waals surface area contributed by atoms with Crippen molar-refractivity contribution in [2.75, 3.05) is 19.6 Å². The number of rotatable bonds is 6. The lowest BCUT2D eigenvalue weighted by Crippen LogP contribution is -2.37. The van der Waals surface area contributed by atoms with Crippen molar-refractivity contribution in [1.29, 1.82) is 0 Å². The van der Waals surface area contributed by atoms with Crippen LogP contribution in [0.5, 0.6) is 0 Å². The Labute approximate surface area is 195 Å². The number of likely N-dealkylation sites (tertiary alicyclic amines) is 1. The van der Waals surface area contributed by atoms with Crippen molar-refractivity contribution in [2.45, 2.75) is 58.4 Å². The van der Waals surface area contributed by atoms with Crippen LogP contribution in [0.2, 0.25) is 0 Å². The average Bonchev–Trinajstić information content (AvgIpc) is 3.33. The number of nitrogens with zero attached hydrogens (tertiary/aromatic N) is 1. The highest BCUT2D eigenvalue weighted by Gasteiger charge is 2.25. The Kier molecular flexibility index (Phi) is 6.71. The summed E-state index contributed by atoms with van der Waals surface area (Å²) in [5.41, 5.74) is 3.90. The minimum absolute atomic E-state index is 0.0556. The standard InChI is InChI=1S/C28H34N2O3/c1-5-19-8-13-25-22(16-19)24(31)17-26(33-25)27(32)29-18-23(30-14-6-7-15-30)20-9-11-21(12-10-20)28(2,3)4/h8-13,16-17,23H,5-7,14-15,18H2,1-4H3,(H,29,32). The molecule has 1 aliphatic heterocycles. The summed E-state index contributed by atoms with van der Waals surface area (Å²) in [4.78, 5) is 28.0. The lowest BCUT2D eigenvalue weighted by atomic mass is 9.86. The highest BCUT2D eigenvalue weighted by atomic mass is 16.3. The fourth-order valence-corrected chi connectivity index (χ4v) is 4.53. The van der Waals surface area contributed by atoms with E-state index in [4.69, 9.17) is 4.42 Å². The lowest BCUT2D eigenvalue weighted by molar-refractivity contribution is 0.0910. The average molecular weight is 447 g/mol. The molecule has 0 bridgehead atoms. The van der Waals surface area contributed by atoms with Gasteiger partial charge >= 0.3 is 0 Å². The van der Waals surface area contributed by atoms with Crippen LogP contribution >= 0.6 is 0 Å². The number of hydrogen-bond donors (Lipinski definition) is 1. The molecule has 3 aromatic rings. The smallest absolute Gasteiger partial charge is 0.287 e. The fourth-order valence-electron chi connectivity index (χ4n) is 4.53. The normalized spacial score (nSPS) is 15.6. The molecule has 0 spiro atoms. The molecule has 1 unspecified atom stereocenters. The molecule has 1 saturated heterocycles. The van der Waals surface area contributed by atoms with E-state index in [0.29, 0.717) is 17.5 Å². The number of aryl methyl sites for hydroxylation is 1. The van der Waals surface area contributed by atoms with Crippen LogP contribution in [0, 0.1) is 0 Å². The lowest BCUT2D eigenvalue weighted by Gasteiger charge is -2.29. The highest BCUT2D eigenvalue weighted by molar-refractivity contribution is 5.93. The number of carbonyl (C=O) groups is 1. The van der Waals surface area contributed by atoms with Gasteiger partial charge in [-0.25, -0.2) is 0 Å². The Hall–Kier alpha value is -2.92. The van der Waals surface area contributed by atoms with Crippen molar-refractivity contribution in [1.82, 2.24) is 10.2 Å². The first-order valence-corrected chi connectivity index (χ1v) is 12.0. The predicted octanol–water partition coefficient (Wildman–Crippen LogP) is 5.22. The van der Waals surface area contributed by atoms with E-state index in [9.17, 15) is 9.59 Å². The van der Waals surface area contributed by atoms with Crippen LogP contribution in [0.3, 0.4) is 0 Å². The van der Waals surface area contributed by atoms with E-state index in [2.05, 4.69) is 55.3 Å². The third-order valence-corrected chi connectivity index (χ3v) is 6.62. The molecule has 1 fully saturated rings. The van der Waals surface area contributed by atoms with E-state index in [0.717, 1.165) is 25.1 Å². The monoisotopic (exact) mass is 446 g/mol. The largest absolute Gasteiger partial charge is 0.451 e. The molecular formula is C28H34N2O3. The van der Waals surface area contributed by atoms with Gasteiger partial charge in [-0.05, 0) is 66.6 Å². The second-order valence-electron chi connectivity index (χ2n) is 10.00. The van der Waals surface area contributed by atoms with Crippen LogP contribution in [0.4, 0.5) is 0 Å². The first-order valence-electron chi connectivity index (χ1n) is 12.0. The molecular weight excluding hydrogens is 412 g/mol. The van der Waals surface area contributed by atoms with Gasteiger partial charge in [0.05, 0.1) is 11.4 Å². The van der Waals surface area contributed by atoms with Crippen molar-refractivity contribution in [3.63, 3.8) is 0 Å². The van der Waals surface area contributed by atoms with E-state index in [1.54, 1.807) is 6.07 Å². The van der Waals surface area contributed by atoms with Crippen LogP contribution in [-0.2, 0) is 11.8 Å². The molecule has 5 nitrogen and oxygen atoms in total. The maximum absolute atomic E-state index is 12.9. The Bertz CT molecular complexity index is 1180. The number of benzene rings is 2. The van der Waals surface area contributed by atoms with Crippen molar-refractivity contribution < 1.29 is 9.21 Å². The van der Waals surface area contributed by atoms with Gasteiger partial charge in [-0.3, -0.25) is 14.5 Å². The molecule has 1 amide bonds. The van der Waals surface area contributed by atoms with E-state index in [1.165, 1.54) is 30.0 Å². The zero-order valence-electron chi connectivity index (χ0n) is 20.1. The maximum atomic E-state index is 12.9. The molecule has 4 rings (SSSR count). The van der Waals surface area contributed by atoms with Crippen molar-refractivity contribution in [2.24, 2.45) is 0 Å². The third kappa shape index (κ3) is 5.19. The Morgan fingerprint density at radius 2 is 1.76 bits per heavy atom. The van der Waals surface area contributed by atoms with E-state index in [-0.39, 0.29) is 28.6 Å². The summed E-state index contributed by atoms with van der Waals surface area (Å²) < 4.78 is 5.79. The second-order valence-corrected chi connectivity index (χ2v) is 10.00. The van der Waals surface area contributed by atoms with Gasteiger partial charge in [0, 0.05) is 12.6 Å². The molecule has 2 heterocycles. The Morgan fingerprint density at radius 1 is 1.06 bits per heavy atom. The molecule has 1 atom stereocenters. The second kappa shape index (κ2) is 9.52. The quantitative estimate of drug-likeness (QED) is 0.564. The van der Waals surface area contributed by atoms with Crippen molar-refractivity contribution in [3.8, 4) is 0 Å². The Morgan fingerprint density at radius 3 is 2.39 bits per heavy atom. The van der Waals surface area contributed by atoms with Gasteiger partial charge in [0.1, 0.15) is 5.58 Å². The van der Waals surface area contributed by atoms with Gasteiger partial charge in [0.2, 0.25) is 0 Å². The van der Waals surface area contributed by atoms with Gasteiger partial charge in [0.25, 0.3) is 5.91 Å². The molecule has 1 aliphatic rings. The van der Waals surface area contributed by atoms with Crippen LogP contribution in [0.25, 0.3) is 11.0 Å². The number of fused-ring (bicyclic) bond motifs is 1. The minimum Gasteiger partial charge on any atom is -0.451 e. The molecule has 174 valence electrons. The summed E-state index contributed by atoms with van der Waals surface area (Å²) in [6.45, 7) is 11.2. The maximum Gasteiger partial charge on any atom is 0.287 e. The van der Waals surface area contributed by atoms with Gasteiger partial charge in [0.15, 0.2) is 11.2 Å². The molecule has 0 saturated carbocycles. The third-order valence-electron chi connectivity index (χ3n) is 6.62. The molecule has 2 aromatic carbocycles. The summed E-state index contributed by atoms with van der Waals surface area (Å²) in [6, 6.07) is 15.7. The number of amides is 1. The van der Waals surface area contributed by atoms with Crippen LogP contribution in [0.1, 0.15) is 73.8 Å². The first-order chi connectivity index (χ1) is 15.8. The minimum atomic E-state index is -0.357. The van der Waals surface area contributed by atoms with E-state index >= 15 is 0 Å². The van der Waals surface area contributed by atoms with Gasteiger partial charge in [-0.15, -0.1) is 0 Å². The molecule has 1 N–H and O–H groups in total. The summed E-state index contributed by atoms with van der Waals surface area (Å²) in [5.74, 6) is -0.302. The number of carbonyl (C=O) groups excluding carboxylic acids is 1. The molecule has 0 aliphatic carbocycles. The highest BCUT2D eigenvalue weighted by Crippen LogP contribution is 2.28. The van der Waals surface area contributed by atoms with Crippen molar-refractivity contribution in [3.05, 3.63) is 81.2 Å². The zero-order valence-corrected chi connectivity index (χ0v) is 20.1. The van der Waals surface area contributed by atoms with Gasteiger partial charge in [-0.1, -0.05) is 58.0 Å².